The van der Waals surface area contributed by atoms with E-state index in [0.717, 1.165) is 43.1 Å². The van der Waals surface area contributed by atoms with E-state index in [1.165, 1.54) is 4.68 Å². The first-order chi connectivity index (χ1) is 16.5. The highest BCUT2D eigenvalue weighted by molar-refractivity contribution is 6.11. The predicted octanol–water partition coefficient (Wildman–Crippen LogP) is 3.70. The average Bonchev–Trinajstić information content (AvgIpc) is 2.86. The second-order valence-corrected chi connectivity index (χ2v) is 8.69. The Morgan fingerprint density at radius 1 is 0.853 bits per heavy atom. The molecule has 1 amide bonds. The molecule has 1 fully saturated rings. The Labute approximate surface area is 198 Å². The number of likely N-dealkylation sites (N-methyl/N-ethyl adjacent to an activating group) is 1. The fourth-order valence-corrected chi connectivity index (χ4v) is 4.33. The van der Waals surface area contributed by atoms with Crippen LogP contribution >= 0.6 is 0 Å². The summed E-state index contributed by atoms with van der Waals surface area (Å²) in [6, 6.07) is 22.3. The number of hydrogen-bond acceptors (Lipinski definition) is 5. The molecule has 4 aromatic rings. The minimum absolute atomic E-state index is 0.210. The number of carbonyl (C=O) groups is 1. The van der Waals surface area contributed by atoms with Crippen LogP contribution in [0.1, 0.15) is 16.1 Å². The molecule has 34 heavy (non-hydrogen) atoms. The van der Waals surface area contributed by atoms with Gasteiger partial charge in [-0.1, -0.05) is 36.4 Å². The van der Waals surface area contributed by atoms with E-state index in [0.29, 0.717) is 16.5 Å². The lowest BCUT2D eigenvalue weighted by molar-refractivity contribution is 0.102. The van der Waals surface area contributed by atoms with E-state index in [2.05, 4.69) is 33.3 Å². The third-order valence-corrected chi connectivity index (χ3v) is 6.35. The van der Waals surface area contributed by atoms with Gasteiger partial charge in [-0.25, -0.2) is 0 Å². The SMILES string of the molecule is Cc1cc(N2CCN(C)CC2)ccc1NC(=O)c1nn(-c2ccccc2)c(=O)c2ccccc12. The molecular formula is C27H27N5O2. The maximum atomic E-state index is 13.4. The highest BCUT2D eigenvalue weighted by Crippen LogP contribution is 2.25. The number of piperazine rings is 1. The van der Waals surface area contributed by atoms with E-state index in [1.54, 1.807) is 30.3 Å². The molecule has 1 saturated heterocycles. The number of fused-ring (bicyclic) bond motifs is 1. The number of anilines is 2. The summed E-state index contributed by atoms with van der Waals surface area (Å²) in [4.78, 5) is 31.2. The number of hydrogen-bond donors (Lipinski definition) is 1. The number of aromatic nitrogens is 2. The predicted molar refractivity (Wildman–Crippen MR) is 136 cm³/mol. The summed E-state index contributed by atoms with van der Waals surface area (Å²) < 4.78 is 1.29. The van der Waals surface area contributed by atoms with Crippen LogP contribution in [0.15, 0.2) is 77.6 Å². The second-order valence-electron chi connectivity index (χ2n) is 8.69. The fraction of sp³-hybridized carbons (Fsp3) is 0.222. The topological polar surface area (TPSA) is 70.5 Å². The molecule has 0 atom stereocenters. The number of rotatable bonds is 4. The Morgan fingerprint density at radius 3 is 2.24 bits per heavy atom. The first-order valence-electron chi connectivity index (χ1n) is 11.4. The van der Waals surface area contributed by atoms with E-state index < -0.39 is 0 Å². The van der Waals surface area contributed by atoms with Gasteiger partial charge in [0, 0.05) is 42.9 Å². The van der Waals surface area contributed by atoms with Crippen LogP contribution in [-0.4, -0.2) is 53.8 Å². The van der Waals surface area contributed by atoms with Crippen LogP contribution < -0.4 is 15.8 Å². The zero-order valence-corrected chi connectivity index (χ0v) is 19.4. The summed E-state index contributed by atoms with van der Waals surface area (Å²) in [5, 5.41) is 8.47. The lowest BCUT2D eigenvalue weighted by Crippen LogP contribution is -2.44. The van der Waals surface area contributed by atoms with E-state index in [1.807, 2.05) is 43.3 Å². The van der Waals surface area contributed by atoms with Crippen molar-refractivity contribution in [2.45, 2.75) is 6.92 Å². The molecule has 0 saturated carbocycles. The van der Waals surface area contributed by atoms with Gasteiger partial charge in [-0.15, -0.1) is 0 Å². The van der Waals surface area contributed by atoms with Crippen molar-refractivity contribution in [2.75, 3.05) is 43.4 Å². The maximum Gasteiger partial charge on any atom is 0.279 e. The molecule has 5 rings (SSSR count). The largest absolute Gasteiger partial charge is 0.369 e. The number of nitrogens with one attached hydrogen (secondary N) is 1. The molecule has 0 unspecified atom stereocenters. The monoisotopic (exact) mass is 453 g/mol. The highest BCUT2D eigenvalue weighted by Gasteiger charge is 2.19. The quantitative estimate of drug-likeness (QED) is 0.510. The maximum absolute atomic E-state index is 13.4. The van der Waals surface area contributed by atoms with Crippen LogP contribution in [0.4, 0.5) is 11.4 Å². The molecule has 1 aliphatic heterocycles. The Morgan fingerprint density at radius 2 is 1.53 bits per heavy atom. The average molecular weight is 454 g/mol. The van der Waals surface area contributed by atoms with Crippen molar-refractivity contribution in [3.05, 3.63) is 94.4 Å². The molecule has 2 heterocycles. The van der Waals surface area contributed by atoms with Crippen LogP contribution in [0.2, 0.25) is 0 Å². The lowest BCUT2D eigenvalue weighted by Gasteiger charge is -2.34. The van der Waals surface area contributed by atoms with Gasteiger partial charge in [0.1, 0.15) is 0 Å². The molecule has 1 aliphatic rings. The van der Waals surface area contributed by atoms with Gasteiger partial charge < -0.3 is 15.1 Å². The Bertz CT molecular complexity index is 1410. The Hall–Kier alpha value is -3.97. The summed E-state index contributed by atoms with van der Waals surface area (Å²) in [7, 11) is 2.14. The third kappa shape index (κ3) is 4.18. The van der Waals surface area contributed by atoms with E-state index in [9.17, 15) is 9.59 Å². The normalized spacial score (nSPS) is 14.4. The minimum atomic E-state index is -0.351. The van der Waals surface area contributed by atoms with Crippen LogP contribution in [0.25, 0.3) is 16.5 Å². The first kappa shape index (κ1) is 21.9. The molecule has 0 aliphatic carbocycles. The van der Waals surface area contributed by atoms with Crippen LogP contribution in [0.5, 0.6) is 0 Å². The zero-order valence-electron chi connectivity index (χ0n) is 19.4. The Balaban J connectivity index is 1.48. The molecular weight excluding hydrogens is 426 g/mol. The standard InChI is InChI=1S/C27H27N5O2/c1-19-18-21(31-16-14-30(2)15-17-31)12-13-24(19)28-26(33)25-22-10-6-7-11-23(22)27(34)32(29-25)20-8-4-3-5-9-20/h3-13,18H,14-17H2,1-2H3,(H,28,33). The lowest BCUT2D eigenvalue weighted by atomic mass is 10.1. The van der Waals surface area contributed by atoms with Crippen molar-refractivity contribution in [2.24, 2.45) is 0 Å². The van der Waals surface area contributed by atoms with Crippen molar-refractivity contribution in [1.29, 1.82) is 0 Å². The molecule has 3 aromatic carbocycles. The van der Waals surface area contributed by atoms with Crippen molar-refractivity contribution >= 4 is 28.1 Å². The number of nitrogens with zero attached hydrogens (tertiary/aromatic N) is 4. The van der Waals surface area contributed by atoms with Crippen molar-refractivity contribution < 1.29 is 4.79 Å². The summed E-state index contributed by atoms with van der Waals surface area (Å²) >= 11 is 0. The number of para-hydroxylation sites is 1. The molecule has 0 radical (unpaired) electrons. The minimum Gasteiger partial charge on any atom is -0.369 e. The van der Waals surface area contributed by atoms with Crippen LogP contribution in [-0.2, 0) is 0 Å². The first-order valence-corrected chi connectivity index (χ1v) is 11.4. The van der Waals surface area contributed by atoms with Crippen LogP contribution in [0.3, 0.4) is 0 Å². The van der Waals surface area contributed by atoms with E-state index in [-0.39, 0.29) is 17.2 Å². The van der Waals surface area contributed by atoms with E-state index >= 15 is 0 Å². The number of carbonyl (C=O) groups excluding carboxylic acids is 1. The van der Waals surface area contributed by atoms with Gasteiger partial charge in [-0.2, -0.15) is 9.78 Å². The number of aryl methyl sites for hydroxylation is 1. The molecule has 1 N–H and O–H groups in total. The molecule has 7 nitrogen and oxygen atoms in total. The summed E-state index contributed by atoms with van der Waals surface area (Å²) in [5.74, 6) is -0.351. The van der Waals surface area contributed by atoms with Gasteiger partial charge in [0.05, 0.1) is 11.1 Å². The summed E-state index contributed by atoms with van der Waals surface area (Å²) in [6.07, 6.45) is 0. The molecule has 1 aromatic heterocycles. The molecule has 172 valence electrons. The van der Waals surface area contributed by atoms with Crippen LogP contribution in [0, 0.1) is 6.92 Å². The van der Waals surface area contributed by atoms with Crippen molar-refractivity contribution in [1.82, 2.24) is 14.7 Å². The fourth-order valence-electron chi connectivity index (χ4n) is 4.33. The van der Waals surface area contributed by atoms with Gasteiger partial charge in [-0.05, 0) is 55.9 Å². The summed E-state index contributed by atoms with van der Waals surface area (Å²) in [5.41, 5.74) is 3.43. The zero-order chi connectivity index (χ0) is 23.7. The van der Waals surface area contributed by atoms with E-state index in [4.69, 9.17) is 0 Å². The third-order valence-electron chi connectivity index (χ3n) is 6.35. The molecule has 0 bridgehead atoms. The van der Waals surface area contributed by atoms with Gasteiger partial charge in [0.15, 0.2) is 5.69 Å². The van der Waals surface area contributed by atoms with Crippen molar-refractivity contribution in [3.8, 4) is 5.69 Å². The highest BCUT2D eigenvalue weighted by atomic mass is 16.2. The smallest absolute Gasteiger partial charge is 0.279 e. The van der Waals surface area contributed by atoms with Crippen molar-refractivity contribution in [3.63, 3.8) is 0 Å². The second kappa shape index (κ2) is 9.11. The number of benzene rings is 3. The summed E-state index contributed by atoms with van der Waals surface area (Å²) in [6.45, 7) is 6.03. The molecule has 7 heteroatoms. The Kier molecular flexibility index (Phi) is 5.86. The molecule has 0 spiro atoms. The number of amides is 1. The van der Waals surface area contributed by atoms with Gasteiger partial charge in [0.2, 0.25) is 0 Å². The van der Waals surface area contributed by atoms with Gasteiger partial charge in [0.25, 0.3) is 11.5 Å². The van der Waals surface area contributed by atoms with Gasteiger partial charge in [-0.3, -0.25) is 9.59 Å². The van der Waals surface area contributed by atoms with Gasteiger partial charge >= 0.3 is 0 Å².